The minimum absolute atomic E-state index is 0.0825. The Morgan fingerprint density at radius 2 is 2.18 bits per heavy atom. The number of anilines is 1. The molecule has 0 aromatic carbocycles. The summed E-state index contributed by atoms with van der Waals surface area (Å²) < 4.78 is 0. The topological polar surface area (TPSA) is 54.0 Å². The molecule has 0 spiro atoms. The average Bonchev–Trinajstić information content (AvgIpc) is 2.28. The molecule has 17 heavy (non-hydrogen) atoms. The highest BCUT2D eigenvalue weighted by Crippen LogP contribution is 2.16. The molecule has 0 saturated carbocycles. The van der Waals surface area contributed by atoms with Gasteiger partial charge >= 0.3 is 0 Å². The van der Waals surface area contributed by atoms with Gasteiger partial charge in [0.1, 0.15) is 0 Å². The van der Waals surface area contributed by atoms with Crippen LogP contribution < -0.4 is 10.6 Å². The third kappa shape index (κ3) is 3.73. The third-order valence-electron chi connectivity index (χ3n) is 2.66. The summed E-state index contributed by atoms with van der Waals surface area (Å²) in [4.78, 5) is 16.1. The summed E-state index contributed by atoms with van der Waals surface area (Å²) in [6, 6.07) is 1.79. The summed E-state index contributed by atoms with van der Waals surface area (Å²) in [7, 11) is 1.79. The van der Waals surface area contributed by atoms with Gasteiger partial charge in [-0.2, -0.15) is 0 Å². The molecule has 1 amide bonds. The number of carbonyl (C=O) groups is 1. The smallest absolute Gasteiger partial charge is 0.255 e. The monoisotopic (exact) mass is 235 g/mol. The molecular formula is C13H21N3O. The molecule has 4 nitrogen and oxygen atoms in total. The molecule has 0 fully saturated rings. The molecule has 0 unspecified atom stereocenters. The van der Waals surface area contributed by atoms with Crippen LogP contribution in [0.5, 0.6) is 0 Å². The Balaban J connectivity index is 2.83. The van der Waals surface area contributed by atoms with E-state index in [9.17, 15) is 4.79 Å². The lowest BCUT2D eigenvalue weighted by Gasteiger charge is -2.26. The van der Waals surface area contributed by atoms with Crippen molar-refractivity contribution in [2.75, 3.05) is 12.4 Å². The Hall–Kier alpha value is -1.58. The molecule has 94 valence electrons. The van der Waals surface area contributed by atoms with Crippen LogP contribution >= 0.6 is 0 Å². The van der Waals surface area contributed by atoms with Gasteiger partial charge in [-0.3, -0.25) is 9.78 Å². The fourth-order valence-corrected chi connectivity index (χ4v) is 1.86. The first kappa shape index (κ1) is 13.5. The summed E-state index contributed by atoms with van der Waals surface area (Å²) in [5.74, 6) is -0.0825. The van der Waals surface area contributed by atoms with Gasteiger partial charge in [0.2, 0.25) is 0 Å². The van der Waals surface area contributed by atoms with Crippen LogP contribution in [0.3, 0.4) is 0 Å². The maximum Gasteiger partial charge on any atom is 0.255 e. The van der Waals surface area contributed by atoms with Crippen LogP contribution in [0, 0.1) is 0 Å². The molecule has 1 aromatic rings. The molecule has 0 bridgehead atoms. The van der Waals surface area contributed by atoms with E-state index in [1.54, 1.807) is 25.5 Å². The van der Waals surface area contributed by atoms with Crippen molar-refractivity contribution in [3.8, 4) is 0 Å². The first-order valence-corrected chi connectivity index (χ1v) is 5.94. The maximum atomic E-state index is 12.1. The predicted octanol–water partition coefficient (Wildman–Crippen LogP) is 2.43. The summed E-state index contributed by atoms with van der Waals surface area (Å²) in [5.41, 5.74) is 1.19. The molecule has 0 aliphatic heterocycles. The van der Waals surface area contributed by atoms with Crippen molar-refractivity contribution in [2.45, 2.75) is 39.2 Å². The zero-order valence-electron chi connectivity index (χ0n) is 11.0. The highest BCUT2D eigenvalue weighted by molar-refractivity contribution is 5.99. The van der Waals surface area contributed by atoms with Crippen molar-refractivity contribution < 1.29 is 4.79 Å². The van der Waals surface area contributed by atoms with Crippen LogP contribution in [-0.2, 0) is 0 Å². The Bertz CT molecular complexity index is 388. The van der Waals surface area contributed by atoms with Crippen molar-refractivity contribution in [2.24, 2.45) is 0 Å². The molecule has 1 aromatic heterocycles. The van der Waals surface area contributed by atoms with E-state index in [1.165, 1.54) is 0 Å². The molecule has 0 atom stereocenters. The highest BCUT2D eigenvalue weighted by atomic mass is 16.1. The van der Waals surface area contributed by atoms with E-state index in [1.807, 2.05) is 13.8 Å². The summed E-state index contributed by atoms with van der Waals surface area (Å²) >= 11 is 0. The number of hydrogen-bond acceptors (Lipinski definition) is 3. The number of hydrogen-bond donors (Lipinski definition) is 2. The Labute approximate surface area is 103 Å². The second-order valence-corrected chi connectivity index (χ2v) is 4.76. The van der Waals surface area contributed by atoms with E-state index < -0.39 is 0 Å². The van der Waals surface area contributed by atoms with Crippen molar-refractivity contribution in [3.63, 3.8) is 0 Å². The van der Waals surface area contributed by atoms with Gasteiger partial charge in [0.05, 0.1) is 5.56 Å². The number of rotatable bonds is 5. The van der Waals surface area contributed by atoms with Gasteiger partial charge in [-0.25, -0.2) is 0 Å². The van der Waals surface area contributed by atoms with Crippen molar-refractivity contribution in [3.05, 3.63) is 24.0 Å². The Morgan fingerprint density at radius 1 is 1.47 bits per heavy atom. The van der Waals surface area contributed by atoms with Gasteiger partial charge in [-0.1, -0.05) is 13.3 Å². The summed E-state index contributed by atoms with van der Waals surface area (Å²) in [5, 5.41) is 6.02. The van der Waals surface area contributed by atoms with E-state index in [-0.39, 0.29) is 11.4 Å². The first-order valence-electron chi connectivity index (χ1n) is 5.94. The largest absolute Gasteiger partial charge is 0.387 e. The minimum atomic E-state index is -0.188. The van der Waals surface area contributed by atoms with E-state index >= 15 is 0 Å². The lowest BCUT2D eigenvalue weighted by atomic mass is 9.98. The fraction of sp³-hybridized carbons (Fsp3) is 0.538. The van der Waals surface area contributed by atoms with Gasteiger partial charge in [0, 0.05) is 30.7 Å². The van der Waals surface area contributed by atoms with E-state index in [2.05, 4.69) is 22.5 Å². The van der Waals surface area contributed by atoms with E-state index in [0.29, 0.717) is 5.56 Å². The average molecular weight is 235 g/mol. The molecule has 4 heteroatoms. The SMILES string of the molecule is CCCC(C)(C)NC(=O)c1cnccc1NC. The molecular weight excluding hydrogens is 214 g/mol. The van der Waals surface area contributed by atoms with Gasteiger partial charge in [-0.05, 0) is 26.3 Å². The third-order valence-corrected chi connectivity index (χ3v) is 2.66. The number of aromatic nitrogens is 1. The highest BCUT2D eigenvalue weighted by Gasteiger charge is 2.21. The van der Waals surface area contributed by atoms with E-state index in [0.717, 1.165) is 18.5 Å². The molecule has 1 heterocycles. The molecule has 2 N–H and O–H groups in total. The van der Waals surface area contributed by atoms with Crippen molar-refractivity contribution >= 4 is 11.6 Å². The van der Waals surface area contributed by atoms with E-state index in [4.69, 9.17) is 0 Å². The molecule has 0 aliphatic carbocycles. The zero-order valence-corrected chi connectivity index (χ0v) is 11.0. The molecule has 0 radical (unpaired) electrons. The number of nitrogens with zero attached hydrogens (tertiary/aromatic N) is 1. The van der Waals surface area contributed by atoms with Gasteiger partial charge < -0.3 is 10.6 Å². The minimum Gasteiger partial charge on any atom is -0.387 e. The van der Waals surface area contributed by atoms with Crippen LogP contribution in [0.1, 0.15) is 44.0 Å². The first-order chi connectivity index (χ1) is 8.00. The Morgan fingerprint density at radius 3 is 2.76 bits per heavy atom. The predicted molar refractivity (Wildman–Crippen MR) is 70.2 cm³/mol. The fourth-order valence-electron chi connectivity index (χ4n) is 1.86. The maximum absolute atomic E-state index is 12.1. The lowest BCUT2D eigenvalue weighted by Crippen LogP contribution is -2.43. The van der Waals surface area contributed by atoms with Crippen LogP contribution in [0.25, 0.3) is 0 Å². The number of carbonyl (C=O) groups excluding carboxylic acids is 1. The lowest BCUT2D eigenvalue weighted by molar-refractivity contribution is 0.0909. The summed E-state index contributed by atoms with van der Waals surface area (Å²) in [6.45, 7) is 6.17. The van der Waals surface area contributed by atoms with Crippen LogP contribution in [0.2, 0.25) is 0 Å². The second kappa shape index (κ2) is 5.66. The van der Waals surface area contributed by atoms with Crippen LogP contribution in [0.15, 0.2) is 18.5 Å². The van der Waals surface area contributed by atoms with Crippen molar-refractivity contribution in [1.82, 2.24) is 10.3 Å². The van der Waals surface area contributed by atoms with Gasteiger partial charge in [-0.15, -0.1) is 0 Å². The normalized spacial score (nSPS) is 11.1. The molecule has 0 saturated heterocycles. The second-order valence-electron chi connectivity index (χ2n) is 4.76. The summed E-state index contributed by atoms with van der Waals surface area (Å²) in [6.07, 6.45) is 5.25. The Kier molecular flexibility index (Phi) is 4.49. The number of amides is 1. The quantitative estimate of drug-likeness (QED) is 0.824. The zero-order chi connectivity index (χ0) is 12.9. The molecule has 0 aliphatic rings. The molecule has 1 rings (SSSR count). The number of pyridine rings is 1. The van der Waals surface area contributed by atoms with Gasteiger partial charge in [0.25, 0.3) is 5.91 Å². The van der Waals surface area contributed by atoms with Crippen LogP contribution in [0.4, 0.5) is 5.69 Å². The van der Waals surface area contributed by atoms with Gasteiger partial charge in [0.15, 0.2) is 0 Å². The standard InChI is InChI=1S/C13H21N3O/c1-5-7-13(2,3)16-12(17)10-9-15-8-6-11(10)14-4/h6,8-9H,5,7H2,1-4H3,(H,14,15)(H,16,17). The van der Waals surface area contributed by atoms with Crippen molar-refractivity contribution in [1.29, 1.82) is 0 Å². The van der Waals surface area contributed by atoms with Crippen LogP contribution in [-0.4, -0.2) is 23.5 Å². The number of nitrogens with one attached hydrogen (secondary N) is 2.